The van der Waals surface area contributed by atoms with Gasteiger partial charge in [-0.15, -0.1) is 11.3 Å². The van der Waals surface area contributed by atoms with Gasteiger partial charge in [-0.05, 0) is 47.0 Å². The fourth-order valence-corrected chi connectivity index (χ4v) is 5.15. The van der Waals surface area contributed by atoms with Crippen LogP contribution in [-0.4, -0.2) is 43.3 Å². The van der Waals surface area contributed by atoms with Crippen molar-refractivity contribution < 1.29 is 23.5 Å². The summed E-state index contributed by atoms with van der Waals surface area (Å²) in [7, 11) is 1.65. The van der Waals surface area contributed by atoms with Crippen molar-refractivity contribution >= 4 is 34.2 Å². The number of carbonyl (C=O) groups excluding carboxylic acids is 2. The molecule has 0 spiro atoms. The standard InChI is InChI=1S/C30H29FN4O4S/c1-19(36)32-16-26-17-35(30(37)39-26)24-10-11-27(28(31)14-24)22-8-6-20(7-9-22)12-23-18-40-29(34-23)33-15-21-4-3-5-25(13-21)38-2/h3-11,13-14,18,26H,12,15-17H2,1-2H3,(H,32,36)(H,33,34)/t26-/m0/s1. The summed E-state index contributed by atoms with van der Waals surface area (Å²) in [6, 6.07) is 20.3. The van der Waals surface area contributed by atoms with Gasteiger partial charge in [0.2, 0.25) is 5.91 Å². The summed E-state index contributed by atoms with van der Waals surface area (Å²) in [6.45, 7) is 2.50. The van der Waals surface area contributed by atoms with Crippen molar-refractivity contribution in [3.8, 4) is 16.9 Å². The van der Waals surface area contributed by atoms with Gasteiger partial charge in [-0.3, -0.25) is 9.69 Å². The van der Waals surface area contributed by atoms with E-state index in [1.807, 2.05) is 53.9 Å². The first kappa shape index (κ1) is 27.1. The molecule has 5 rings (SSSR count). The first-order valence-corrected chi connectivity index (χ1v) is 13.7. The monoisotopic (exact) mass is 560 g/mol. The van der Waals surface area contributed by atoms with E-state index in [2.05, 4.69) is 10.6 Å². The molecule has 2 heterocycles. The van der Waals surface area contributed by atoms with Gasteiger partial charge < -0.3 is 20.1 Å². The van der Waals surface area contributed by atoms with Crippen molar-refractivity contribution in [2.24, 2.45) is 0 Å². The van der Waals surface area contributed by atoms with Gasteiger partial charge in [-0.2, -0.15) is 0 Å². The molecule has 0 unspecified atom stereocenters. The Bertz CT molecular complexity index is 1510. The molecule has 2 amide bonds. The average Bonchev–Trinajstić information content (AvgIpc) is 3.57. The fourth-order valence-electron chi connectivity index (χ4n) is 4.44. The number of nitrogens with zero attached hydrogens (tertiary/aromatic N) is 2. The van der Waals surface area contributed by atoms with Crippen molar-refractivity contribution in [1.82, 2.24) is 10.3 Å². The number of carbonyl (C=O) groups is 2. The van der Waals surface area contributed by atoms with Crippen LogP contribution in [0.5, 0.6) is 5.75 Å². The minimum absolute atomic E-state index is 0.204. The molecule has 2 N–H and O–H groups in total. The number of thiazole rings is 1. The molecule has 10 heteroatoms. The zero-order valence-electron chi connectivity index (χ0n) is 22.1. The summed E-state index contributed by atoms with van der Waals surface area (Å²) in [5, 5.41) is 8.87. The Kier molecular flexibility index (Phi) is 8.26. The number of anilines is 2. The second kappa shape index (κ2) is 12.2. The Morgan fingerprint density at radius 1 is 1.15 bits per heavy atom. The van der Waals surface area contributed by atoms with Crippen molar-refractivity contribution in [3.05, 3.63) is 94.7 Å². The molecule has 1 aliphatic heterocycles. The molecule has 0 radical (unpaired) electrons. The van der Waals surface area contributed by atoms with E-state index >= 15 is 4.39 Å². The van der Waals surface area contributed by atoms with Crippen molar-refractivity contribution in [2.45, 2.75) is 26.0 Å². The quantitative estimate of drug-likeness (QED) is 0.262. The van der Waals surface area contributed by atoms with Gasteiger partial charge in [0, 0.05) is 30.8 Å². The number of rotatable bonds is 10. The first-order chi connectivity index (χ1) is 19.4. The number of hydrogen-bond donors (Lipinski definition) is 2. The van der Waals surface area contributed by atoms with Gasteiger partial charge in [0.1, 0.15) is 17.7 Å². The predicted octanol–water partition coefficient (Wildman–Crippen LogP) is 5.62. The zero-order valence-corrected chi connectivity index (χ0v) is 23.0. The molecule has 0 saturated carbocycles. The van der Waals surface area contributed by atoms with E-state index in [1.165, 1.54) is 17.9 Å². The highest BCUT2D eigenvalue weighted by molar-refractivity contribution is 7.13. The van der Waals surface area contributed by atoms with Gasteiger partial charge in [0.25, 0.3) is 0 Å². The Hall–Kier alpha value is -4.44. The molecule has 40 heavy (non-hydrogen) atoms. The highest BCUT2D eigenvalue weighted by Crippen LogP contribution is 2.30. The second-order valence-corrected chi connectivity index (χ2v) is 10.3. The van der Waals surface area contributed by atoms with Crippen LogP contribution in [0.3, 0.4) is 0 Å². The molecule has 206 valence electrons. The van der Waals surface area contributed by atoms with Crippen molar-refractivity contribution in [2.75, 3.05) is 30.4 Å². The fraction of sp³-hybridized carbons (Fsp3) is 0.233. The number of cyclic esters (lactones) is 1. The smallest absolute Gasteiger partial charge is 0.414 e. The molecular formula is C30H29FN4O4S. The van der Waals surface area contributed by atoms with Crippen LogP contribution in [0.2, 0.25) is 0 Å². The Morgan fingerprint density at radius 3 is 2.73 bits per heavy atom. The molecule has 1 atom stereocenters. The second-order valence-electron chi connectivity index (χ2n) is 9.44. The molecular weight excluding hydrogens is 531 g/mol. The largest absolute Gasteiger partial charge is 0.497 e. The lowest BCUT2D eigenvalue weighted by atomic mass is 10.0. The number of ether oxygens (including phenoxy) is 2. The number of methoxy groups -OCH3 is 1. The zero-order chi connectivity index (χ0) is 28.1. The Balaban J connectivity index is 1.19. The molecule has 1 aromatic heterocycles. The van der Waals surface area contributed by atoms with Crippen molar-refractivity contribution in [1.29, 1.82) is 0 Å². The van der Waals surface area contributed by atoms with Crippen LogP contribution in [-0.2, 0) is 22.5 Å². The van der Waals surface area contributed by atoms with E-state index in [-0.39, 0.29) is 19.0 Å². The lowest BCUT2D eigenvalue weighted by molar-refractivity contribution is -0.119. The summed E-state index contributed by atoms with van der Waals surface area (Å²) in [4.78, 5) is 29.5. The third-order valence-electron chi connectivity index (χ3n) is 6.50. The maximum absolute atomic E-state index is 15.1. The van der Waals surface area contributed by atoms with Crippen LogP contribution in [0.1, 0.15) is 23.7 Å². The minimum atomic E-state index is -0.562. The van der Waals surface area contributed by atoms with Crippen LogP contribution < -0.4 is 20.3 Å². The van der Waals surface area contributed by atoms with Crippen LogP contribution in [0.25, 0.3) is 11.1 Å². The maximum atomic E-state index is 15.1. The lowest BCUT2D eigenvalue weighted by Crippen LogP contribution is -2.33. The maximum Gasteiger partial charge on any atom is 0.414 e. The third kappa shape index (κ3) is 6.58. The van der Waals surface area contributed by atoms with Gasteiger partial charge in [0.05, 0.1) is 31.6 Å². The Morgan fingerprint density at radius 2 is 1.98 bits per heavy atom. The normalized spacial score (nSPS) is 14.6. The molecule has 8 nitrogen and oxygen atoms in total. The summed E-state index contributed by atoms with van der Waals surface area (Å²) in [6.07, 6.45) is -0.382. The molecule has 4 aromatic rings. The molecule has 1 aliphatic rings. The van der Waals surface area contributed by atoms with Crippen molar-refractivity contribution in [3.63, 3.8) is 0 Å². The number of amides is 2. The minimum Gasteiger partial charge on any atom is -0.497 e. The average molecular weight is 561 g/mol. The number of halogens is 1. The predicted molar refractivity (Wildman–Crippen MR) is 153 cm³/mol. The van der Waals surface area contributed by atoms with Crippen LogP contribution in [0, 0.1) is 5.82 Å². The van der Waals surface area contributed by atoms with E-state index in [0.29, 0.717) is 24.2 Å². The summed E-state index contributed by atoms with van der Waals surface area (Å²) in [5.41, 5.74) is 4.71. The lowest BCUT2D eigenvalue weighted by Gasteiger charge is -2.14. The number of benzene rings is 3. The van der Waals surface area contributed by atoms with Gasteiger partial charge in [-0.1, -0.05) is 36.4 Å². The highest BCUT2D eigenvalue weighted by Gasteiger charge is 2.32. The van der Waals surface area contributed by atoms with Gasteiger partial charge in [0.15, 0.2) is 5.13 Å². The van der Waals surface area contributed by atoms with Crippen LogP contribution in [0.15, 0.2) is 72.1 Å². The summed E-state index contributed by atoms with van der Waals surface area (Å²) < 4.78 is 25.6. The van der Waals surface area contributed by atoms with Crippen LogP contribution >= 0.6 is 11.3 Å². The summed E-state index contributed by atoms with van der Waals surface area (Å²) in [5.74, 6) is 0.183. The topological polar surface area (TPSA) is 92.8 Å². The molecule has 0 bridgehead atoms. The molecule has 1 fully saturated rings. The SMILES string of the molecule is COc1cccc(CNc2nc(Cc3ccc(-c4ccc(N5C[C@H](CNC(C)=O)OC5=O)cc4F)cc3)cs2)c1. The van der Waals surface area contributed by atoms with E-state index in [1.54, 1.807) is 30.6 Å². The highest BCUT2D eigenvalue weighted by atomic mass is 32.1. The molecule has 0 aliphatic carbocycles. The molecule has 3 aromatic carbocycles. The Labute approximate surface area is 235 Å². The number of aromatic nitrogens is 1. The van der Waals surface area contributed by atoms with Gasteiger partial charge >= 0.3 is 6.09 Å². The molecule has 1 saturated heterocycles. The third-order valence-corrected chi connectivity index (χ3v) is 7.35. The van der Waals surface area contributed by atoms with Crippen LogP contribution in [0.4, 0.5) is 20.0 Å². The number of hydrogen-bond acceptors (Lipinski definition) is 7. The van der Waals surface area contributed by atoms with E-state index < -0.39 is 18.0 Å². The first-order valence-electron chi connectivity index (χ1n) is 12.8. The van der Waals surface area contributed by atoms with Gasteiger partial charge in [-0.25, -0.2) is 14.2 Å². The summed E-state index contributed by atoms with van der Waals surface area (Å²) >= 11 is 1.56. The van der Waals surface area contributed by atoms with E-state index in [4.69, 9.17) is 14.5 Å². The van der Waals surface area contributed by atoms with E-state index in [9.17, 15) is 9.59 Å². The number of nitrogens with one attached hydrogen (secondary N) is 2. The van der Waals surface area contributed by atoms with E-state index in [0.717, 1.165) is 33.3 Å².